The maximum Gasteiger partial charge on any atom is 0.220 e. The molecule has 188 valence electrons. The third-order valence-electron chi connectivity index (χ3n) is 6.62. The molecule has 2 aromatic rings. The summed E-state index contributed by atoms with van der Waals surface area (Å²) in [5, 5.41) is 17.8. The average molecular weight is 479 g/mol. The Bertz CT molecular complexity index is 991. The van der Waals surface area contributed by atoms with Gasteiger partial charge in [0.1, 0.15) is 5.75 Å². The fraction of sp³-hybridized carbons (Fsp3) is 0.483. The van der Waals surface area contributed by atoms with Crippen molar-refractivity contribution in [1.29, 1.82) is 0 Å². The average Bonchev–Trinajstić information content (AvgIpc) is 3.18. The number of allylic oxidation sites excluding steroid dienone is 1. The van der Waals surface area contributed by atoms with Gasteiger partial charge in [-0.05, 0) is 68.4 Å². The summed E-state index contributed by atoms with van der Waals surface area (Å²) in [5.74, 6) is 0.815. The summed E-state index contributed by atoms with van der Waals surface area (Å²) in [5.41, 5.74) is 3.40. The number of rotatable bonds is 4. The predicted molar refractivity (Wildman–Crippen MR) is 137 cm³/mol. The number of amides is 1. The fourth-order valence-corrected chi connectivity index (χ4v) is 4.89. The Balaban J connectivity index is 1.55. The number of aliphatic hydroxyl groups is 1. The van der Waals surface area contributed by atoms with E-state index in [1.54, 1.807) is 0 Å². The number of carbonyl (C=O) groups excluding carboxylic acids is 1. The van der Waals surface area contributed by atoms with E-state index in [9.17, 15) is 9.90 Å². The van der Waals surface area contributed by atoms with Gasteiger partial charge in [-0.1, -0.05) is 48.6 Å². The summed E-state index contributed by atoms with van der Waals surface area (Å²) < 4.78 is 12.2. The van der Waals surface area contributed by atoms with Gasteiger partial charge in [-0.25, -0.2) is 0 Å². The lowest BCUT2D eigenvalue weighted by atomic mass is 10.00. The van der Waals surface area contributed by atoms with Crippen LogP contribution in [0.4, 0.5) is 0 Å². The Labute approximate surface area is 208 Å². The van der Waals surface area contributed by atoms with E-state index >= 15 is 0 Å². The zero-order valence-electron chi connectivity index (χ0n) is 20.8. The standard InChI is InChI=1S/C29H38N2O4/c1-20(2)35-22-13-14-23-24(17-22)25-18-28(23)34-15-9-4-3-8-12-29(33)31-26(27(32)19-30-25)16-21-10-6-5-7-11-21/h4-7,9-11,13-14,17,20,25-28,30,32H,3,8,12,15-16,18-19H2,1-2H3,(H,31,33)/b9-4-/t25-,26-,27+,28+/m0/s1. The first kappa shape index (κ1) is 25.4. The van der Waals surface area contributed by atoms with Crippen molar-refractivity contribution >= 4 is 5.91 Å². The highest BCUT2D eigenvalue weighted by atomic mass is 16.5. The topological polar surface area (TPSA) is 79.8 Å². The number of benzene rings is 2. The van der Waals surface area contributed by atoms with E-state index in [2.05, 4.69) is 28.8 Å². The fourth-order valence-electron chi connectivity index (χ4n) is 4.89. The zero-order chi connectivity index (χ0) is 24.6. The zero-order valence-corrected chi connectivity index (χ0v) is 20.8. The van der Waals surface area contributed by atoms with Crippen LogP contribution < -0.4 is 15.4 Å². The molecule has 3 N–H and O–H groups in total. The van der Waals surface area contributed by atoms with Crippen molar-refractivity contribution in [2.45, 2.75) is 76.3 Å². The molecular weight excluding hydrogens is 440 g/mol. The maximum absolute atomic E-state index is 12.6. The minimum Gasteiger partial charge on any atom is -0.491 e. The summed E-state index contributed by atoms with van der Waals surface area (Å²) in [6.07, 6.45) is 6.87. The molecule has 1 aliphatic carbocycles. The lowest BCUT2D eigenvalue weighted by molar-refractivity contribution is -0.122. The van der Waals surface area contributed by atoms with E-state index in [4.69, 9.17) is 9.47 Å². The van der Waals surface area contributed by atoms with Crippen LogP contribution in [0.25, 0.3) is 0 Å². The first-order chi connectivity index (χ1) is 17.0. The number of β-amino-alcohol motifs (C(OH)–C–C–N with tert-alkyl or cyclic N) is 1. The molecule has 1 heterocycles. The third-order valence-corrected chi connectivity index (χ3v) is 6.62. The van der Waals surface area contributed by atoms with E-state index in [1.807, 2.05) is 56.3 Å². The van der Waals surface area contributed by atoms with Crippen molar-refractivity contribution in [1.82, 2.24) is 10.6 Å². The van der Waals surface area contributed by atoms with Crippen molar-refractivity contribution in [2.24, 2.45) is 0 Å². The first-order valence-electron chi connectivity index (χ1n) is 12.8. The molecule has 1 aliphatic heterocycles. The molecule has 6 heteroatoms. The van der Waals surface area contributed by atoms with Crippen molar-refractivity contribution in [3.63, 3.8) is 0 Å². The van der Waals surface area contributed by atoms with Gasteiger partial charge < -0.3 is 25.2 Å². The van der Waals surface area contributed by atoms with E-state index in [0.717, 1.165) is 36.1 Å². The van der Waals surface area contributed by atoms with Crippen LogP contribution in [-0.2, 0) is 16.0 Å². The Morgan fingerprint density at radius 1 is 1.11 bits per heavy atom. The van der Waals surface area contributed by atoms with Crippen LogP contribution in [0.2, 0.25) is 0 Å². The Morgan fingerprint density at radius 3 is 2.74 bits per heavy atom. The van der Waals surface area contributed by atoms with Crippen LogP contribution in [-0.4, -0.2) is 42.4 Å². The van der Waals surface area contributed by atoms with Gasteiger partial charge in [-0.15, -0.1) is 0 Å². The summed E-state index contributed by atoms with van der Waals surface area (Å²) >= 11 is 0. The van der Waals surface area contributed by atoms with Crippen molar-refractivity contribution in [3.05, 3.63) is 77.4 Å². The number of fused-ring (bicyclic) bond motifs is 5. The highest BCUT2D eigenvalue weighted by Gasteiger charge is 2.33. The molecule has 0 saturated carbocycles. The number of hydrogen-bond donors (Lipinski definition) is 3. The van der Waals surface area contributed by atoms with Crippen LogP contribution in [0.5, 0.6) is 5.75 Å². The molecule has 0 spiro atoms. The maximum atomic E-state index is 12.6. The molecule has 2 aliphatic rings. The molecule has 1 amide bonds. The molecule has 4 rings (SSSR count). The van der Waals surface area contributed by atoms with Gasteiger partial charge in [0.15, 0.2) is 0 Å². The van der Waals surface area contributed by atoms with Crippen LogP contribution in [0.1, 0.15) is 68.4 Å². The van der Waals surface area contributed by atoms with Crippen LogP contribution in [0.3, 0.4) is 0 Å². The second kappa shape index (κ2) is 12.3. The van der Waals surface area contributed by atoms with Gasteiger partial charge in [0.25, 0.3) is 0 Å². The van der Waals surface area contributed by atoms with Crippen LogP contribution in [0, 0.1) is 0 Å². The molecule has 2 aromatic carbocycles. The number of nitrogens with one attached hydrogen (secondary N) is 2. The van der Waals surface area contributed by atoms with Crippen LogP contribution in [0.15, 0.2) is 60.7 Å². The van der Waals surface area contributed by atoms with Crippen molar-refractivity contribution in [3.8, 4) is 5.75 Å². The second-order valence-electron chi connectivity index (χ2n) is 9.77. The summed E-state index contributed by atoms with van der Waals surface area (Å²) in [6, 6.07) is 15.9. The summed E-state index contributed by atoms with van der Waals surface area (Å²) in [7, 11) is 0. The predicted octanol–water partition coefficient (Wildman–Crippen LogP) is 4.39. The molecule has 0 aromatic heterocycles. The number of aliphatic hydroxyl groups excluding tert-OH is 1. The van der Waals surface area contributed by atoms with Gasteiger partial charge >= 0.3 is 0 Å². The number of ether oxygens (including phenoxy) is 2. The van der Waals surface area contributed by atoms with E-state index in [1.165, 1.54) is 5.56 Å². The molecule has 0 radical (unpaired) electrons. The summed E-state index contributed by atoms with van der Waals surface area (Å²) in [6.45, 7) is 4.94. The normalized spacial score (nSPS) is 26.7. The van der Waals surface area contributed by atoms with Gasteiger partial charge in [0, 0.05) is 19.0 Å². The molecule has 0 saturated heterocycles. The largest absolute Gasteiger partial charge is 0.491 e. The van der Waals surface area contributed by atoms with Gasteiger partial charge in [0.2, 0.25) is 5.91 Å². The van der Waals surface area contributed by atoms with E-state index in [-0.39, 0.29) is 30.2 Å². The van der Waals surface area contributed by atoms with Crippen molar-refractivity contribution in [2.75, 3.05) is 13.2 Å². The smallest absolute Gasteiger partial charge is 0.220 e. The first-order valence-corrected chi connectivity index (χ1v) is 12.8. The van der Waals surface area contributed by atoms with Crippen LogP contribution >= 0.6 is 0 Å². The van der Waals surface area contributed by atoms with Gasteiger partial charge in [-0.3, -0.25) is 4.79 Å². The van der Waals surface area contributed by atoms with E-state index in [0.29, 0.717) is 26.0 Å². The second-order valence-corrected chi connectivity index (χ2v) is 9.77. The van der Waals surface area contributed by atoms with Gasteiger partial charge in [-0.2, -0.15) is 0 Å². The van der Waals surface area contributed by atoms with Gasteiger partial charge in [0.05, 0.1) is 31.0 Å². The molecule has 6 nitrogen and oxygen atoms in total. The SMILES string of the molecule is CC(C)Oc1ccc2c(c1)[C@@H]1C[C@H]2OC/C=C\CCCC(=O)N[C@@H](Cc2ccccc2)[C@H](O)CN1. The monoisotopic (exact) mass is 478 g/mol. The highest BCUT2D eigenvalue weighted by Crippen LogP contribution is 2.42. The number of carbonyl (C=O) groups is 1. The Kier molecular flexibility index (Phi) is 8.96. The summed E-state index contributed by atoms with van der Waals surface area (Å²) in [4.78, 5) is 12.6. The highest BCUT2D eigenvalue weighted by molar-refractivity contribution is 5.76. The molecule has 2 bridgehead atoms. The number of hydrogen-bond acceptors (Lipinski definition) is 5. The molecular formula is C29H38N2O4. The quantitative estimate of drug-likeness (QED) is 0.568. The minimum atomic E-state index is -0.731. The van der Waals surface area contributed by atoms with Crippen molar-refractivity contribution < 1.29 is 19.4 Å². The Hall–Kier alpha value is -2.67. The Morgan fingerprint density at radius 2 is 1.94 bits per heavy atom. The third kappa shape index (κ3) is 7.17. The molecule has 0 fully saturated rings. The van der Waals surface area contributed by atoms with E-state index < -0.39 is 6.10 Å². The molecule has 0 unspecified atom stereocenters. The lowest BCUT2D eigenvalue weighted by Gasteiger charge is -2.26. The molecule has 4 atom stereocenters. The molecule has 35 heavy (non-hydrogen) atoms. The lowest BCUT2D eigenvalue weighted by Crippen LogP contribution is -2.49. The minimum absolute atomic E-state index is 0.00915.